The molecular weight excluding hydrogens is 354 g/mol. The van der Waals surface area contributed by atoms with Gasteiger partial charge < -0.3 is 20.6 Å². The van der Waals surface area contributed by atoms with E-state index >= 15 is 0 Å². The number of fused-ring (bicyclic) bond motifs is 1. The number of amides is 3. The second kappa shape index (κ2) is 5.99. The molecule has 3 amide bonds. The number of urea groups is 1. The van der Waals surface area contributed by atoms with Crippen LogP contribution in [-0.2, 0) is 6.42 Å². The number of carboxylic acid groups (broad SMARTS) is 1. The molecule has 2 aromatic carbocycles. The predicted molar refractivity (Wildman–Crippen MR) is 104 cm³/mol. The average molecular weight is 377 g/mol. The molecule has 144 valence electrons. The first-order chi connectivity index (χ1) is 13.5. The maximum atomic E-state index is 13.2. The molecule has 0 spiro atoms. The van der Waals surface area contributed by atoms with Crippen molar-refractivity contribution >= 4 is 12.1 Å². The molecule has 4 aliphatic rings. The molecule has 2 aromatic rings. The van der Waals surface area contributed by atoms with Crippen LogP contribution in [-0.4, -0.2) is 39.8 Å². The van der Waals surface area contributed by atoms with Crippen molar-refractivity contribution in [3.63, 3.8) is 0 Å². The molecule has 1 atom stereocenters. The first-order valence-electron chi connectivity index (χ1n) is 9.72. The Morgan fingerprint density at radius 1 is 0.929 bits per heavy atom. The Morgan fingerprint density at radius 2 is 1.57 bits per heavy atom. The second-order valence-corrected chi connectivity index (χ2v) is 8.41. The Bertz CT molecular complexity index is 923. The lowest BCUT2D eigenvalue weighted by Gasteiger charge is -2.70. The third-order valence-electron chi connectivity index (χ3n) is 6.43. The van der Waals surface area contributed by atoms with Crippen molar-refractivity contribution in [2.45, 2.75) is 42.8 Å². The fraction of sp³-hybridized carbons (Fsp3) is 0.364. The van der Waals surface area contributed by atoms with Crippen molar-refractivity contribution in [1.29, 1.82) is 0 Å². The lowest BCUT2D eigenvalue weighted by atomic mass is 9.44. The molecule has 3 N–H and O–H groups in total. The number of carbonyl (C=O) groups excluding carboxylic acids is 1. The smallest absolute Gasteiger partial charge is 0.405 e. The van der Waals surface area contributed by atoms with E-state index in [0.29, 0.717) is 25.8 Å². The first kappa shape index (κ1) is 17.1. The molecule has 6 heteroatoms. The Labute approximate surface area is 163 Å². The van der Waals surface area contributed by atoms with E-state index in [0.717, 1.165) is 12.0 Å². The van der Waals surface area contributed by atoms with Crippen LogP contribution in [0.4, 0.5) is 9.59 Å². The molecule has 2 bridgehead atoms. The summed E-state index contributed by atoms with van der Waals surface area (Å²) in [6, 6.07) is 18.3. The van der Waals surface area contributed by atoms with Crippen molar-refractivity contribution in [2.75, 3.05) is 6.54 Å². The van der Waals surface area contributed by atoms with Gasteiger partial charge in [-0.25, -0.2) is 9.59 Å². The van der Waals surface area contributed by atoms with Gasteiger partial charge in [-0.3, -0.25) is 0 Å². The summed E-state index contributed by atoms with van der Waals surface area (Å²) in [5.41, 5.74) is 2.99. The van der Waals surface area contributed by atoms with Crippen LogP contribution in [0.3, 0.4) is 0 Å². The van der Waals surface area contributed by atoms with E-state index < -0.39 is 6.09 Å². The number of rotatable bonds is 3. The normalized spacial score (nSPS) is 29.7. The summed E-state index contributed by atoms with van der Waals surface area (Å²) in [5, 5.41) is 14.8. The van der Waals surface area contributed by atoms with Gasteiger partial charge in [0, 0.05) is 12.1 Å². The number of nitrogens with one attached hydrogen (secondary N) is 2. The fourth-order valence-electron chi connectivity index (χ4n) is 5.36. The van der Waals surface area contributed by atoms with Gasteiger partial charge in [0.25, 0.3) is 0 Å². The SMILES string of the molecule is O=C(O)NC12CC(NC(=O)N3CCc4ccccc4[C@@H]3c3ccccc3)(C1)C2. The molecule has 1 heterocycles. The molecule has 0 saturated heterocycles. The van der Waals surface area contributed by atoms with Crippen LogP contribution in [0.5, 0.6) is 0 Å². The van der Waals surface area contributed by atoms with Crippen molar-refractivity contribution in [3.8, 4) is 0 Å². The Morgan fingerprint density at radius 3 is 2.29 bits per heavy atom. The maximum Gasteiger partial charge on any atom is 0.405 e. The van der Waals surface area contributed by atoms with E-state index in [-0.39, 0.29) is 23.2 Å². The van der Waals surface area contributed by atoms with E-state index in [2.05, 4.69) is 34.9 Å². The second-order valence-electron chi connectivity index (χ2n) is 8.41. The topological polar surface area (TPSA) is 81.7 Å². The molecule has 0 unspecified atom stereocenters. The zero-order valence-electron chi connectivity index (χ0n) is 15.5. The van der Waals surface area contributed by atoms with Crippen LogP contribution in [0, 0.1) is 0 Å². The summed E-state index contributed by atoms with van der Waals surface area (Å²) in [6.07, 6.45) is 1.89. The highest BCUT2D eigenvalue weighted by Crippen LogP contribution is 2.60. The maximum absolute atomic E-state index is 13.2. The third-order valence-corrected chi connectivity index (χ3v) is 6.43. The number of hydrogen-bond acceptors (Lipinski definition) is 2. The molecule has 0 radical (unpaired) electrons. The Balaban J connectivity index is 1.37. The van der Waals surface area contributed by atoms with Crippen LogP contribution in [0.1, 0.15) is 42.0 Å². The zero-order valence-corrected chi connectivity index (χ0v) is 15.5. The van der Waals surface area contributed by atoms with Crippen LogP contribution >= 0.6 is 0 Å². The van der Waals surface area contributed by atoms with E-state index in [9.17, 15) is 9.59 Å². The quantitative estimate of drug-likeness (QED) is 0.768. The van der Waals surface area contributed by atoms with Gasteiger partial charge in [0.1, 0.15) is 0 Å². The van der Waals surface area contributed by atoms with Crippen LogP contribution in [0.15, 0.2) is 54.6 Å². The number of nitrogens with zero attached hydrogens (tertiary/aromatic N) is 1. The van der Waals surface area contributed by atoms with E-state index in [1.54, 1.807) is 0 Å². The van der Waals surface area contributed by atoms with Crippen molar-refractivity contribution in [1.82, 2.24) is 15.5 Å². The monoisotopic (exact) mass is 377 g/mol. The number of carbonyl (C=O) groups is 2. The summed E-state index contributed by atoms with van der Waals surface area (Å²) in [4.78, 5) is 26.1. The summed E-state index contributed by atoms with van der Waals surface area (Å²) in [5.74, 6) is 0. The van der Waals surface area contributed by atoms with Gasteiger partial charge in [-0.2, -0.15) is 0 Å². The molecule has 3 fully saturated rings. The molecule has 28 heavy (non-hydrogen) atoms. The summed E-state index contributed by atoms with van der Waals surface area (Å²) in [7, 11) is 0. The van der Waals surface area contributed by atoms with Gasteiger partial charge >= 0.3 is 12.1 Å². The minimum atomic E-state index is -0.989. The average Bonchev–Trinajstić information content (AvgIpc) is 2.64. The van der Waals surface area contributed by atoms with Gasteiger partial charge in [-0.1, -0.05) is 54.6 Å². The van der Waals surface area contributed by atoms with Crippen LogP contribution < -0.4 is 10.6 Å². The molecule has 1 aliphatic heterocycles. The highest BCUT2D eigenvalue weighted by Gasteiger charge is 2.69. The summed E-state index contributed by atoms with van der Waals surface area (Å²) < 4.78 is 0. The van der Waals surface area contributed by atoms with E-state index in [1.165, 1.54) is 11.1 Å². The zero-order chi connectivity index (χ0) is 19.4. The number of hydrogen-bond donors (Lipinski definition) is 3. The minimum Gasteiger partial charge on any atom is -0.465 e. The largest absolute Gasteiger partial charge is 0.465 e. The van der Waals surface area contributed by atoms with Crippen LogP contribution in [0.25, 0.3) is 0 Å². The molecule has 0 aromatic heterocycles. The molecule has 3 aliphatic carbocycles. The van der Waals surface area contributed by atoms with E-state index in [4.69, 9.17) is 5.11 Å². The van der Waals surface area contributed by atoms with Gasteiger partial charge in [0.15, 0.2) is 0 Å². The van der Waals surface area contributed by atoms with E-state index in [1.807, 2.05) is 35.2 Å². The molecular formula is C22H23N3O3. The van der Waals surface area contributed by atoms with Gasteiger partial charge in [0.2, 0.25) is 0 Å². The van der Waals surface area contributed by atoms with Gasteiger partial charge in [-0.05, 0) is 42.4 Å². The molecule has 6 nitrogen and oxygen atoms in total. The minimum absolute atomic E-state index is 0.0630. The van der Waals surface area contributed by atoms with Crippen molar-refractivity contribution < 1.29 is 14.7 Å². The van der Waals surface area contributed by atoms with Crippen molar-refractivity contribution in [3.05, 3.63) is 71.3 Å². The summed E-state index contributed by atoms with van der Waals surface area (Å²) >= 11 is 0. The van der Waals surface area contributed by atoms with Gasteiger partial charge in [-0.15, -0.1) is 0 Å². The predicted octanol–water partition coefficient (Wildman–Crippen LogP) is 3.29. The standard InChI is InChI=1S/C22H23N3O3/c26-19(23-21-12-22(13-21,14-21)24-20(27)28)25-11-10-15-6-4-5-9-17(15)18(25)16-7-2-1-3-8-16/h1-9,18,24H,10-14H2,(H,23,26)(H,27,28)/t18-,21?,22?/m0/s1. The third kappa shape index (κ3) is 2.63. The Hall–Kier alpha value is -3.02. The highest BCUT2D eigenvalue weighted by atomic mass is 16.4. The Kier molecular flexibility index (Phi) is 3.66. The lowest BCUT2D eigenvalue weighted by molar-refractivity contribution is -0.0924. The number of benzene rings is 2. The van der Waals surface area contributed by atoms with Crippen molar-refractivity contribution in [2.24, 2.45) is 0 Å². The highest BCUT2D eigenvalue weighted by molar-refractivity contribution is 5.78. The first-order valence-corrected chi connectivity index (χ1v) is 9.72. The summed E-state index contributed by atoms with van der Waals surface area (Å²) in [6.45, 7) is 0.664. The molecule has 6 rings (SSSR count). The van der Waals surface area contributed by atoms with Crippen LogP contribution in [0.2, 0.25) is 0 Å². The fourth-order valence-corrected chi connectivity index (χ4v) is 5.36. The molecule has 3 saturated carbocycles. The van der Waals surface area contributed by atoms with Gasteiger partial charge in [0.05, 0.1) is 11.6 Å². The lowest BCUT2D eigenvalue weighted by Crippen LogP contribution is -2.84.